The number of rotatable bonds is 11. The van der Waals surface area contributed by atoms with Crippen LogP contribution >= 0.6 is 0 Å². The second-order valence-electron chi connectivity index (χ2n) is 5.27. The molecule has 1 aliphatic rings. The third-order valence-corrected chi connectivity index (χ3v) is 3.62. The SMILES string of the molecule is CCCCOCCNCCCCC1CCOCC1. The molecule has 3 nitrogen and oxygen atoms in total. The lowest BCUT2D eigenvalue weighted by Gasteiger charge is -2.21. The molecular formula is C15H31NO2. The number of hydrogen-bond acceptors (Lipinski definition) is 3. The van der Waals surface area contributed by atoms with E-state index in [1.165, 1.54) is 44.9 Å². The van der Waals surface area contributed by atoms with E-state index in [1.54, 1.807) is 0 Å². The van der Waals surface area contributed by atoms with E-state index in [2.05, 4.69) is 12.2 Å². The molecule has 1 saturated heterocycles. The normalized spacial score (nSPS) is 17.2. The van der Waals surface area contributed by atoms with E-state index in [1.807, 2.05) is 0 Å². The molecule has 0 aromatic heterocycles. The summed E-state index contributed by atoms with van der Waals surface area (Å²) < 4.78 is 10.9. The number of unbranched alkanes of at least 4 members (excludes halogenated alkanes) is 2. The van der Waals surface area contributed by atoms with Gasteiger partial charge in [0.1, 0.15) is 0 Å². The highest BCUT2D eigenvalue weighted by molar-refractivity contribution is 4.63. The molecule has 3 heteroatoms. The van der Waals surface area contributed by atoms with Gasteiger partial charge in [-0.05, 0) is 38.1 Å². The first kappa shape index (κ1) is 15.9. The Bertz CT molecular complexity index is 170. The van der Waals surface area contributed by atoms with Crippen LogP contribution in [0.1, 0.15) is 51.9 Å². The lowest BCUT2D eigenvalue weighted by molar-refractivity contribution is 0.0631. The molecule has 0 aliphatic carbocycles. The molecular weight excluding hydrogens is 226 g/mol. The number of ether oxygens (including phenoxy) is 2. The Morgan fingerprint density at radius 1 is 1.06 bits per heavy atom. The highest BCUT2D eigenvalue weighted by Gasteiger charge is 2.12. The van der Waals surface area contributed by atoms with Gasteiger partial charge in [-0.3, -0.25) is 0 Å². The molecule has 0 spiro atoms. The summed E-state index contributed by atoms with van der Waals surface area (Å²) in [6.07, 6.45) is 9.00. The molecule has 1 N–H and O–H groups in total. The molecule has 18 heavy (non-hydrogen) atoms. The maximum absolute atomic E-state index is 5.50. The predicted molar refractivity (Wildman–Crippen MR) is 76.0 cm³/mol. The first-order valence-electron chi connectivity index (χ1n) is 7.79. The van der Waals surface area contributed by atoms with Gasteiger partial charge in [-0.15, -0.1) is 0 Å². The van der Waals surface area contributed by atoms with Gasteiger partial charge in [-0.25, -0.2) is 0 Å². The fourth-order valence-electron chi connectivity index (χ4n) is 2.34. The van der Waals surface area contributed by atoms with Gasteiger partial charge >= 0.3 is 0 Å². The zero-order valence-corrected chi connectivity index (χ0v) is 12.1. The molecule has 0 aromatic carbocycles. The fourth-order valence-corrected chi connectivity index (χ4v) is 2.34. The molecule has 108 valence electrons. The lowest BCUT2D eigenvalue weighted by atomic mass is 9.94. The van der Waals surface area contributed by atoms with Crippen LogP contribution in [0.2, 0.25) is 0 Å². The van der Waals surface area contributed by atoms with Gasteiger partial charge in [0.05, 0.1) is 6.61 Å². The minimum atomic E-state index is 0.861. The van der Waals surface area contributed by atoms with Gasteiger partial charge in [0.2, 0.25) is 0 Å². The highest BCUT2D eigenvalue weighted by atomic mass is 16.5. The molecule has 0 unspecified atom stereocenters. The van der Waals surface area contributed by atoms with Crippen molar-refractivity contribution in [3.8, 4) is 0 Å². The van der Waals surface area contributed by atoms with Crippen LogP contribution in [0.25, 0.3) is 0 Å². The summed E-state index contributed by atoms with van der Waals surface area (Å²) >= 11 is 0. The Hall–Kier alpha value is -0.120. The summed E-state index contributed by atoms with van der Waals surface area (Å²) in [5.74, 6) is 0.927. The van der Waals surface area contributed by atoms with E-state index in [0.29, 0.717) is 0 Å². The third kappa shape index (κ3) is 8.90. The van der Waals surface area contributed by atoms with Crippen LogP contribution in [0.5, 0.6) is 0 Å². The van der Waals surface area contributed by atoms with Crippen molar-refractivity contribution in [1.29, 1.82) is 0 Å². The summed E-state index contributed by atoms with van der Waals surface area (Å²) in [6.45, 7) is 8.08. The van der Waals surface area contributed by atoms with Gasteiger partial charge < -0.3 is 14.8 Å². The summed E-state index contributed by atoms with van der Waals surface area (Å²) in [5, 5.41) is 3.45. The quantitative estimate of drug-likeness (QED) is 0.577. The third-order valence-electron chi connectivity index (χ3n) is 3.62. The zero-order chi connectivity index (χ0) is 12.9. The van der Waals surface area contributed by atoms with Crippen molar-refractivity contribution in [1.82, 2.24) is 5.32 Å². The van der Waals surface area contributed by atoms with Crippen LogP contribution in [0, 0.1) is 5.92 Å². The van der Waals surface area contributed by atoms with Crippen molar-refractivity contribution in [2.75, 3.05) is 39.5 Å². The van der Waals surface area contributed by atoms with E-state index in [-0.39, 0.29) is 0 Å². The van der Waals surface area contributed by atoms with Gasteiger partial charge in [0.15, 0.2) is 0 Å². The minimum Gasteiger partial charge on any atom is -0.381 e. The van der Waals surface area contributed by atoms with E-state index in [0.717, 1.165) is 45.4 Å². The molecule has 0 atom stereocenters. The van der Waals surface area contributed by atoms with Crippen molar-refractivity contribution in [3.63, 3.8) is 0 Å². The Balaban J connectivity index is 1.73. The second kappa shape index (κ2) is 11.9. The Labute approximate surface area is 113 Å². The minimum absolute atomic E-state index is 0.861. The summed E-state index contributed by atoms with van der Waals surface area (Å²) in [5.41, 5.74) is 0. The first-order chi connectivity index (χ1) is 8.93. The van der Waals surface area contributed by atoms with E-state index in [4.69, 9.17) is 9.47 Å². The Kier molecular flexibility index (Phi) is 10.6. The summed E-state index contributed by atoms with van der Waals surface area (Å²) in [7, 11) is 0. The molecule has 1 rings (SSSR count). The van der Waals surface area contributed by atoms with Crippen molar-refractivity contribution < 1.29 is 9.47 Å². The molecule has 1 heterocycles. The smallest absolute Gasteiger partial charge is 0.0590 e. The van der Waals surface area contributed by atoms with Crippen LogP contribution in [-0.4, -0.2) is 39.5 Å². The molecule has 0 radical (unpaired) electrons. The molecule has 0 amide bonds. The van der Waals surface area contributed by atoms with Crippen molar-refractivity contribution in [3.05, 3.63) is 0 Å². The first-order valence-corrected chi connectivity index (χ1v) is 7.79. The average molecular weight is 257 g/mol. The van der Waals surface area contributed by atoms with E-state index >= 15 is 0 Å². The molecule has 0 saturated carbocycles. The Morgan fingerprint density at radius 2 is 1.89 bits per heavy atom. The number of nitrogens with one attached hydrogen (secondary N) is 1. The van der Waals surface area contributed by atoms with Crippen LogP contribution in [-0.2, 0) is 9.47 Å². The average Bonchev–Trinajstić information content (AvgIpc) is 2.42. The van der Waals surface area contributed by atoms with Crippen LogP contribution in [0.4, 0.5) is 0 Å². The Morgan fingerprint density at radius 3 is 2.67 bits per heavy atom. The van der Waals surface area contributed by atoms with Gasteiger partial charge in [-0.1, -0.05) is 26.2 Å². The molecule has 0 bridgehead atoms. The van der Waals surface area contributed by atoms with Crippen molar-refractivity contribution in [2.45, 2.75) is 51.9 Å². The second-order valence-corrected chi connectivity index (χ2v) is 5.27. The fraction of sp³-hybridized carbons (Fsp3) is 1.00. The standard InChI is InChI=1S/C15H31NO2/c1-2-3-11-17-14-10-16-9-5-4-6-15-7-12-18-13-8-15/h15-16H,2-14H2,1H3. The van der Waals surface area contributed by atoms with E-state index in [9.17, 15) is 0 Å². The maximum Gasteiger partial charge on any atom is 0.0590 e. The van der Waals surface area contributed by atoms with Crippen molar-refractivity contribution in [2.24, 2.45) is 5.92 Å². The molecule has 1 aliphatic heterocycles. The summed E-state index contributed by atoms with van der Waals surface area (Å²) in [6, 6.07) is 0. The van der Waals surface area contributed by atoms with Crippen LogP contribution < -0.4 is 5.32 Å². The predicted octanol–water partition coefficient (Wildman–Crippen LogP) is 2.99. The lowest BCUT2D eigenvalue weighted by Crippen LogP contribution is -2.21. The largest absolute Gasteiger partial charge is 0.381 e. The van der Waals surface area contributed by atoms with Gasteiger partial charge in [-0.2, -0.15) is 0 Å². The number of hydrogen-bond donors (Lipinski definition) is 1. The van der Waals surface area contributed by atoms with E-state index < -0.39 is 0 Å². The molecule has 0 aromatic rings. The molecule has 1 fully saturated rings. The van der Waals surface area contributed by atoms with Gasteiger partial charge in [0.25, 0.3) is 0 Å². The van der Waals surface area contributed by atoms with Crippen LogP contribution in [0.15, 0.2) is 0 Å². The zero-order valence-electron chi connectivity index (χ0n) is 12.1. The maximum atomic E-state index is 5.50. The van der Waals surface area contributed by atoms with Crippen molar-refractivity contribution >= 4 is 0 Å². The van der Waals surface area contributed by atoms with Crippen LogP contribution in [0.3, 0.4) is 0 Å². The highest BCUT2D eigenvalue weighted by Crippen LogP contribution is 2.20. The topological polar surface area (TPSA) is 30.5 Å². The summed E-state index contributed by atoms with van der Waals surface area (Å²) in [4.78, 5) is 0. The monoisotopic (exact) mass is 257 g/mol. The van der Waals surface area contributed by atoms with Gasteiger partial charge in [0, 0.05) is 26.4 Å².